The molecule has 1 aliphatic heterocycles. The van der Waals surface area contributed by atoms with Crippen LogP contribution in [0.2, 0.25) is 0 Å². The van der Waals surface area contributed by atoms with Crippen LogP contribution in [0.25, 0.3) is 10.8 Å². The minimum absolute atomic E-state index is 0.135. The Balaban J connectivity index is 2.15. The fourth-order valence-electron chi connectivity index (χ4n) is 2.72. The van der Waals surface area contributed by atoms with Crippen LogP contribution < -0.4 is 0 Å². The Bertz CT molecular complexity index is 798. The summed E-state index contributed by atoms with van der Waals surface area (Å²) in [4.78, 5) is 15.3. The minimum Gasteiger partial charge on any atom is -0.480 e. The Morgan fingerprint density at radius 3 is 2.90 bits per heavy atom. The second-order valence-corrected chi connectivity index (χ2v) is 6.82. The number of carboxylic acids is 1. The van der Waals surface area contributed by atoms with E-state index in [9.17, 15) is 18.3 Å². The van der Waals surface area contributed by atoms with Crippen LogP contribution in [0.3, 0.4) is 0 Å². The van der Waals surface area contributed by atoms with Crippen LogP contribution in [-0.2, 0) is 14.8 Å². The molecule has 2 aromatic rings. The smallest absolute Gasteiger partial charge is 0.322 e. The molecule has 0 spiro atoms. The molecule has 1 fully saturated rings. The number of nitrogens with zero attached hydrogens (tertiary/aromatic N) is 2. The van der Waals surface area contributed by atoms with Gasteiger partial charge in [-0.25, -0.2) is 8.42 Å². The van der Waals surface area contributed by atoms with Gasteiger partial charge in [0.05, 0.1) is 4.90 Å². The standard InChI is InChI=1S/C14H14N2O4S/c17-14(18)12-4-2-8-16(12)21(19,20)13-5-1-3-10-9-15-7-6-11(10)13/h1,3,5-7,9,12H,2,4,8H2,(H,17,18)/t12-/m1/s1. The first-order valence-corrected chi connectivity index (χ1v) is 8.03. The van der Waals surface area contributed by atoms with Gasteiger partial charge in [-0.3, -0.25) is 9.78 Å². The number of rotatable bonds is 3. The first-order chi connectivity index (χ1) is 10.0. The molecule has 1 saturated heterocycles. The summed E-state index contributed by atoms with van der Waals surface area (Å²) in [6, 6.07) is 5.58. The van der Waals surface area contributed by atoms with Gasteiger partial charge in [0, 0.05) is 29.7 Å². The summed E-state index contributed by atoms with van der Waals surface area (Å²) in [7, 11) is -3.83. The van der Waals surface area contributed by atoms with Gasteiger partial charge in [0.25, 0.3) is 0 Å². The Hall–Kier alpha value is -1.99. The van der Waals surface area contributed by atoms with Crippen molar-refractivity contribution >= 4 is 26.8 Å². The first-order valence-electron chi connectivity index (χ1n) is 6.59. The van der Waals surface area contributed by atoms with E-state index in [4.69, 9.17) is 0 Å². The van der Waals surface area contributed by atoms with E-state index in [1.54, 1.807) is 24.4 Å². The Morgan fingerprint density at radius 2 is 2.14 bits per heavy atom. The SMILES string of the molecule is O=C(O)[C@H]1CCCN1S(=O)(=O)c1cccc2cnccc12. The van der Waals surface area contributed by atoms with Gasteiger partial charge >= 0.3 is 5.97 Å². The Labute approximate surface area is 122 Å². The summed E-state index contributed by atoms with van der Waals surface area (Å²) in [5, 5.41) is 10.5. The molecule has 0 aliphatic carbocycles. The van der Waals surface area contributed by atoms with Crippen molar-refractivity contribution in [2.75, 3.05) is 6.54 Å². The van der Waals surface area contributed by atoms with Crippen LogP contribution in [0.5, 0.6) is 0 Å². The molecule has 3 rings (SSSR count). The van der Waals surface area contributed by atoms with Gasteiger partial charge in [-0.15, -0.1) is 0 Å². The highest BCUT2D eigenvalue weighted by Crippen LogP contribution is 2.30. The van der Waals surface area contributed by atoms with Gasteiger partial charge in [-0.2, -0.15) is 4.31 Å². The quantitative estimate of drug-likeness (QED) is 0.928. The summed E-state index contributed by atoms with van der Waals surface area (Å²) in [6.45, 7) is 0.237. The topological polar surface area (TPSA) is 87.6 Å². The third kappa shape index (κ3) is 2.28. The molecule has 1 aromatic carbocycles. The van der Waals surface area contributed by atoms with Crippen molar-refractivity contribution in [3.05, 3.63) is 36.7 Å². The number of fused-ring (bicyclic) bond motifs is 1. The number of aromatic nitrogens is 1. The monoisotopic (exact) mass is 306 g/mol. The summed E-state index contributed by atoms with van der Waals surface area (Å²) < 4.78 is 26.7. The molecule has 0 radical (unpaired) electrons. The lowest BCUT2D eigenvalue weighted by Gasteiger charge is -2.21. The van der Waals surface area contributed by atoms with E-state index in [2.05, 4.69) is 4.98 Å². The maximum absolute atomic E-state index is 12.8. The first kappa shape index (κ1) is 14.0. The molecular weight excluding hydrogens is 292 g/mol. The Kier molecular flexibility index (Phi) is 3.38. The van der Waals surface area contributed by atoms with Crippen molar-refractivity contribution in [3.63, 3.8) is 0 Å². The highest BCUT2D eigenvalue weighted by molar-refractivity contribution is 7.89. The Morgan fingerprint density at radius 1 is 1.33 bits per heavy atom. The summed E-state index contributed by atoms with van der Waals surface area (Å²) in [5.74, 6) is -1.10. The van der Waals surface area contributed by atoms with E-state index >= 15 is 0 Å². The molecule has 1 aliphatic rings. The molecule has 21 heavy (non-hydrogen) atoms. The second-order valence-electron chi connectivity index (χ2n) is 4.96. The van der Waals surface area contributed by atoms with Gasteiger partial charge in [0.1, 0.15) is 6.04 Å². The largest absolute Gasteiger partial charge is 0.480 e. The molecular formula is C14H14N2O4S. The van der Waals surface area contributed by atoms with Gasteiger partial charge in [-0.1, -0.05) is 12.1 Å². The number of carboxylic acid groups (broad SMARTS) is 1. The zero-order chi connectivity index (χ0) is 15.0. The minimum atomic E-state index is -3.83. The predicted octanol–water partition coefficient (Wildman–Crippen LogP) is 1.47. The number of sulfonamides is 1. The number of pyridine rings is 1. The number of carbonyl (C=O) groups is 1. The number of aliphatic carboxylic acids is 1. The zero-order valence-corrected chi connectivity index (χ0v) is 12.0. The number of hydrogen-bond donors (Lipinski definition) is 1. The maximum Gasteiger partial charge on any atom is 0.322 e. The van der Waals surface area contributed by atoms with Crippen molar-refractivity contribution in [1.29, 1.82) is 0 Å². The van der Waals surface area contributed by atoms with E-state index in [0.29, 0.717) is 23.6 Å². The lowest BCUT2D eigenvalue weighted by atomic mass is 10.2. The van der Waals surface area contributed by atoms with Gasteiger partial charge in [-0.05, 0) is 25.0 Å². The lowest BCUT2D eigenvalue weighted by molar-refractivity contribution is -0.140. The fraction of sp³-hybridized carbons (Fsp3) is 0.286. The number of hydrogen-bond acceptors (Lipinski definition) is 4. The predicted molar refractivity (Wildman–Crippen MR) is 76.3 cm³/mol. The van der Waals surface area contributed by atoms with Crippen LogP contribution in [0, 0.1) is 0 Å². The van der Waals surface area contributed by atoms with E-state index in [1.807, 2.05) is 0 Å². The molecule has 0 amide bonds. The van der Waals surface area contributed by atoms with Gasteiger partial charge in [0.2, 0.25) is 10.0 Å². The average Bonchev–Trinajstić information content (AvgIpc) is 2.97. The molecule has 7 heteroatoms. The normalized spacial score (nSPS) is 19.9. The molecule has 0 bridgehead atoms. The van der Waals surface area contributed by atoms with Gasteiger partial charge < -0.3 is 5.11 Å². The van der Waals surface area contributed by atoms with Crippen molar-refractivity contribution in [2.45, 2.75) is 23.8 Å². The molecule has 0 saturated carbocycles. The summed E-state index contributed by atoms with van der Waals surface area (Å²) in [5.41, 5.74) is 0. The van der Waals surface area contributed by atoms with Crippen molar-refractivity contribution in [1.82, 2.24) is 9.29 Å². The highest BCUT2D eigenvalue weighted by atomic mass is 32.2. The molecule has 1 aromatic heterocycles. The maximum atomic E-state index is 12.8. The van der Waals surface area contributed by atoms with Crippen LogP contribution in [0.15, 0.2) is 41.6 Å². The summed E-state index contributed by atoms with van der Waals surface area (Å²) in [6.07, 6.45) is 4.02. The second kappa shape index (κ2) is 5.09. The van der Waals surface area contributed by atoms with Crippen molar-refractivity contribution in [3.8, 4) is 0 Å². The van der Waals surface area contributed by atoms with Crippen LogP contribution in [0.4, 0.5) is 0 Å². The zero-order valence-electron chi connectivity index (χ0n) is 11.1. The molecule has 1 atom stereocenters. The fourth-order valence-corrected chi connectivity index (χ4v) is 4.59. The van der Waals surface area contributed by atoms with Crippen LogP contribution >= 0.6 is 0 Å². The third-order valence-electron chi connectivity index (χ3n) is 3.72. The lowest BCUT2D eigenvalue weighted by Crippen LogP contribution is -2.40. The van der Waals surface area contributed by atoms with E-state index in [-0.39, 0.29) is 11.4 Å². The third-order valence-corrected chi connectivity index (χ3v) is 5.68. The van der Waals surface area contributed by atoms with Crippen molar-refractivity contribution < 1.29 is 18.3 Å². The number of benzene rings is 1. The molecule has 6 nitrogen and oxygen atoms in total. The van der Waals surface area contributed by atoms with Crippen LogP contribution in [-0.4, -0.2) is 41.4 Å². The molecule has 1 N–H and O–H groups in total. The van der Waals surface area contributed by atoms with E-state index in [0.717, 1.165) is 4.31 Å². The van der Waals surface area contributed by atoms with Crippen LogP contribution in [0.1, 0.15) is 12.8 Å². The molecule has 2 heterocycles. The van der Waals surface area contributed by atoms with E-state index in [1.165, 1.54) is 12.3 Å². The molecule has 0 unspecified atom stereocenters. The summed E-state index contributed by atoms with van der Waals surface area (Å²) >= 11 is 0. The van der Waals surface area contributed by atoms with Crippen molar-refractivity contribution in [2.24, 2.45) is 0 Å². The highest BCUT2D eigenvalue weighted by Gasteiger charge is 2.39. The average molecular weight is 306 g/mol. The molecule has 110 valence electrons. The van der Waals surface area contributed by atoms with E-state index < -0.39 is 22.0 Å². The van der Waals surface area contributed by atoms with Gasteiger partial charge in [0.15, 0.2) is 0 Å².